The molecule has 3 nitrogen and oxygen atoms in total. The zero-order chi connectivity index (χ0) is 12.7. The highest BCUT2D eigenvalue weighted by Gasteiger charge is 2.24. The lowest BCUT2D eigenvalue weighted by atomic mass is 9.79. The number of aliphatic hydroxyl groups is 1. The highest BCUT2D eigenvalue weighted by atomic mass is 16.5. The first-order valence-electron chi connectivity index (χ1n) is 6.96. The molecular formula is C14H29NO2. The van der Waals surface area contributed by atoms with E-state index in [1.165, 1.54) is 25.7 Å². The Kier molecular flexibility index (Phi) is 6.45. The molecule has 1 aliphatic carbocycles. The number of rotatable bonds is 7. The monoisotopic (exact) mass is 243 g/mol. The standard InChI is InChI=1S/C14H29NO2/c1-14(2,17-3)8-9-15-10-12-6-4-5-7-13(12)11-16/h12-13,15-16H,4-11H2,1-3H3. The minimum absolute atomic E-state index is 0.0318. The van der Waals surface area contributed by atoms with Crippen molar-refractivity contribution >= 4 is 0 Å². The van der Waals surface area contributed by atoms with Crippen LogP contribution in [0.4, 0.5) is 0 Å². The molecule has 2 N–H and O–H groups in total. The molecule has 0 spiro atoms. The van der Waals surface area contributed by atoms with Crippen LogP contribution in [0, 0.1) is 11.8 Å². The summed E-state index contributed by atoms with van der Waals surface area (Å²) in [6.45, 7) is 6.63. The zero-order valence-electron chi connectivity index (χ0n) is 11.7. The fraction of sp³-hybridized carbons (Fsp3) is 1.00. The normalized spacial score (nSPS) is 26.1. The number of methoxy groups -OCH3 is 1. The number of nitrogens with one attached hydrogen (secondary N) is 1. The molecule has 102 valence electrons. The van der Waals surface area contributed by atoms with Crippen molar-refractivity contribution in [3.63, 3.8) is 0 Å². The van der Waals surface area contributed by atoms with Crippen molar-refractivity contribution in [1.82, 2.24) is 5.32 Å². The van der Waals surface area contributed by atoms with Crippen molar-refractivity contribution in [3.05, 3.63) is 0 Å². The van der Waals surface area contributed by atoms with E-state index in [0.29, 0.717) is 18.4 Å². The maximum atomic E-state index is 9.34. The van der Waals surface area contributed by atoms with E-state index in [4.69, 9.17) is 4.74 Å². The van der Waals surface area contributed by atoms with Gasteiger partial charge in [-0.1, -0.05) is 12.8 Å². The molecular weight excluding hydrogens is 214 g/mol. The van der Waals surface area contributed by atoms with Crippen molar-refractivity contribution < 1.29 is 9.84 Å². The average molecular weight is 243 g/mol. The number of hydrogen-bond donors (Lipinski definition) is 2. The Labute approximate surface area is 106 Å². The molecule has 1 aliphatic rings. The van der Waals surface area contributed by atoms with Gasteiger partial charge in [0.2, 0.25) is 0 Å². The van der Waals surface area contributed by atoms with E-state index in [1.807, 2.05) is 0 Å². The first-order valence-corrected chi connectivity index (χ1v) is 6.96. The van der Waals surface area contributed by atoms with E-state index in [0.717, 1.165) is 19.5 Å². The molecule has 0 aliphatic heterocycles. The van der Waals surface area contributed by atoms with E-state index in [9.17, 15) is 5.11 Å². The molecule has 1 rings (SSSR count). The zero-order valence-corrected chi connectivity index (χ0v) is 11.7. The molecule has 0 aromatic carbocycles. The van der Waals surface area contributed by atoms with Gasteiger partial charge in [0.1, 0.15) is 0 Å². The molecule has 3 heteroatoms. The van der Waals surface area contributed by atoms with Gasteiger partial charge in [-0.25, -0.2) is 0 Å². The SMILES string of the molecule is COC(C)(C)CCNCC1CCCCC1CO. The number of hydrogen-bond acceptors (Lipinski definition) is 3. The summed E-state index contributed by atoms with van der Waals surface area (Å²) in [7, 11) is 1.77. The van der Waals surface area contributed by atoms with Crippen LogP contribution in [0.1, 0.15) is 46.0 Å². The number of aliphatic hydroxyl groups excluding tert-OH is 1. The summed E-state index contributed by atoms with van der Waals surface area (Å²) in [4.78, 5) is 0. The van der Waals surface area contributed by atoms with Crippen LogP contribution >= 0.6 is 0 Å². The molecule has 2 atom stereocenters. The molecule has 0 bridgehead atoms. The summed E-state index contributed by atoms with van der Waals surface area (Å²) >= 11 is 0. The minimum atomic E-state index is -0.0318. The fourth-order valence-corrected chi connectivity index (χ4v) is 2.57. The van der Waals surface area contributed by atoms with Crippen LogP contribution in [0.25, 0.3) is 0 Å². The molecule has 0 aromatic heterocycles. The Balaban J connectivity index is 2.16. The van der Waals surface area contributed by atoms with Crippen molar-refractivity contribution in [2.24, 2.45) is 11.8 Å². The third-order valence-electron chi connectivity index (χ3n) is 4.16. The van der Waals surface area contributed by atoms with E-state index in [1.54, 1.807) is 7.11 Å². The second-order valence-corrected chi connectivity index (χ2v) is 5.91. The summed E-state index contributed by atoms with van der Waals surface area (Å²) in [5.41, 5.74) is -0.0318. The molecule has 0 heterocycles. The quantitative estimate of drug-likeness (QED) is 0.674. The molecule has 1 saturated carbocycles. The lowest BCUT2D eigenvalue weighted by molar-refractivity contribution is 0.0153. The molecule has 17 heavy (non-hydrogen) atoms. The van der Waals surface area contributed by atoms with Gasteiger partial charge in [0.15, 0.2) is 0 Å². The van der Waals surface area contributed by atoms with Crippen molar-refractivity contribution in [2.75, 3.05) is 26.8 Å². The average Bonchev–Trinajstić information content (AvgIpc) is 2.35. The van der Waals surface area contributed by atoms with Crippen LogP contribution in [0.2, 0.25) is 0 Å². The summed E-state index contributed by atoms with van der Waals surface area (Å²) in [5, 5.41) is 12.9. The van der Waals surface area contributed by atoms with Crippen LogP contribution in [0.15, 0.2) is 0 Å². The predicted octanol–water partition coefficient (Wildman–Crippen LogP) is 2.19. The fourth-order valence-electron chi connectivity index (χ4n) is 2.57. The van der Waals surface area contributed by atoms with Crippen molar-refractivity contribution in [1.29, 1.82) is 0 Å². The third-order valence-corrected chi connectivity index (χ3v) is 4.16. The Morgan fingerprint density at radius 2 is 1.88 bits per heavy atom. The summed E-state index contributed by atoms with van der Waals surface area (Å²) in [5.74, 6) is 1.19. The lowest BCUT2D eigenvalue weighted by Crippen LogP contribution is -2.35. The van der Waals surface area contributed by atoms with Gasteiger partial charge in [0.25, 0.3) is 0 Å². The Hall–Kier alpha value is -0.120. The van der Waals surface area contributed by atoms with Gasteiger partial charge in [-0.2, -0.15) is 0 Å². The van der Waals surface area contributed by atoms with Gasteiger partial charge in [-0.05, 0) is 58.0 Å². The summed E-state index contributed by atoms with van der Waals surface area (Å²) in [6.07, 6.45) is 6.11. The Morgan fingerprint density at radius 1 is 1.24 bits per heavy atom. The van der Waals surface area contributed by atoms with Gasteiger partial charge in [-0.15, -0.1) is 0 Å². The van der Waals surface area contributed by atoms with Gasteiger partial charge in [0.05, 0.1) is 5.60 Å². The van der Waals surface area contributed by atoms with E-state index >= 15 is 0 Å². The van der Waals surface area contributed by atoms with Crippen LogP contribution in [-0.4, -0.2) is 37.5 Å². The molecule has 0 aromatic rings. The van der Waals surface area contributed by atoms with Crippen LogP contribution in [0.3, 0.4) is 0 Å². The predicted molar refractivity (Wildman–Crippen MR) is 71.1 cm³/mol. The molecule has 0 saturated heterocycles. The first kappa shape index (κ1) is 14.9. The molecule has 1 fully saturated rings. The lowest BCUT2D eigenvalue weighted by Gasteiger charge is -2.31. The molecule has 0 amide bonds. The largest absolute Gasteiger partial charge is 0.396 e. The highest BCUT2D eigenvalue weighted by molar-refractivity contribution is 4.77. The second kappa shape index (κ2) is 7.34. The van der Waals surface area contributed by atoms with E-state index in [2.05, 4.69) is 19.2 Å². The summed E-state index contributed by atoms with van der Waals surface area (Å²) < 4.78 is 5.39. The van der Waals surface area contributed by atoms with Gasteiger partial charge in [-0.3, -0.25) is 0 Å². The highest BCUT2D eigenvalue weighted by Crippen LogP contribution is 2.29. The number of ether oxygens (including phenoxy) is 1. The Morgan fingerprint density at radius 3 is 2.47 bits per heavy atom. The van der Waals surface area contributed by atoms with Crippen molar-refractivity contribution in [3.8, 4) is 0 Å². The summed E-state index contributed by atoms with van der Waals surface area (Å²) in [6, 6.07) is 0. The molecule has 0 radical (unpaired) electrons. The second-order valence-electron chi connectivity index (χ2n) is 5.91. The van der Waals surface area contributed by atoms with Gasteiger partial charge < -0.3 is 15.2 Å². The smallest absolute Gasteiger partial charge is 0.0634 e. The van der Waals surface area contributed by atoms with Crippen LogP contribution in [-0.2, 0) is 4.74 Å². The molecule has 2 unspecified atom stereocenters. The van der Waals surface area contributed by atoms with Gasteiger partial charge >= 0.3 is 0 Å². The van der Waals surface area contributed by atoms with E-state index in [-0.39, 0.29) is 5.60 Å². The Bertz CT molecular complexity index is 206. The first-order chi connectivity index (χ1) is 8.09. The van der Waals surface area contributed by atoms with E-state index < -0.39 is 0 Å². The van der Waals surface area contributed by atoms with Crippen molar-refractivity contribution in [2.45, 2.75) is 51.6 Å². The van der Waals surface area contributed by atoms with Crippen LogP contribution < -0.4 is 5.32 Å². The maximum absolute atomic E-state index is 9.34. The third kappa shape index (κ3) is 5.36. The van der Waals surface area contributed by atoms with Crippen LogP contribution in [0.5, 0.6) is 0 Å². The maximum Gasteiger partial charge on any atom is 0.0634 e. The minimum Gasteiger partial charge on any atom is -0.396 e. The topological polar surface area (TPSA) is 41.5 Å². The van der Waals surface area contributed by atoms with Gasteiger partial charge in [0, 0.05) is 13.7 Å².